The number of benzene rings is 5. The zero-order chi connectivity index (χ0) is 33.6. The van der Waals surface area contributed by atoms with Crippen LogP contribution in [0.4, 0.5) is 0 Å². The number of allylic oxidation sites excluding steroid dienone is 7. The fraction of sp³-hybridized carbons (Fsp3) is 0.0870. The third kappa shape index (κ3) is 4.73. The highest BCUT2D eigenvalue weighted by atomic mass is 15.0. The predicted molar refractivity (Wildman–Crippen MR) is 204 cm³/mol. The van der Waals surface area contributed by atoms with Crippen molar-refractivity contribution in [1.82, 2.24) is 9.13 Å². The van der Waals surface area contributed by atoms with E-state index in [-0.39, 0.29) is 12.3 Å². The van der Waals surface area contributed by atoms with Gasteiger partial charge in [-0.2, -0.15) is 10.5 Å². The highest BCUT2D eigenvalue weighted by molar-refractivity contribution is 6.09. The second-order valence-corrected chi connectivity index (χ2v) is 13.0. The maximum atomic E-state index is 10.2. The second-order valence-electron chi connectivity index (χ2n) is 13.0. The first kappa shape index (κ1) is 29.5. The molecule has 2 heterocycles. The van der Waals surface area contributed by atoms with Crippen molar-refractivity contribution in [2.45, 2.75) is 25.2 Å². The van der Waals surface area contributed by atoms with Gasteiger partial charge in [0.2, 0.25) is 0 Å². The molecule has 2 aliphatic rings. The lowest BCUT2D eigenvalue weighted by atomic mass is 9.84. The molecule has 7 aromatic rings. The Bertz CT molecular complexity index is 2660. The van der Waals surface area contributed by atoms with Crippen molar-refractivity contribution in [2.75, 3.05) is 0 Å². The summed E-state index contributed by atoms with van der Waals surface area (Å²) in [6.45, 7) is 0. The predicted octanol–water partition coefficient (Wildman–Crippen LogP) is 10.9. The van der Waals surface area contributed by atoms with Gasteiger partial charge in [0.1, 0.15) is 0 Å². The van der Waals surface area contributed by atoms with E-state index in [1.165, 1.54) is 38.4 Å². The monoisotopic (exact) mass is 640 g/mol. The molecule has 50 heavy (non-hydrogen) atoms. The molecule has 0 amide bonds. The quantitative estimate of drug-likeness (QED) is 0.188. The molecule has 5 aromatic carbocycles. The van der Waals surface area contributed by atoms with Gasteiger partial charge in [-0.3, -0.25) is 0 Å². The second kappa shape index (κ2) is 12.1. The highest BCUT2D eigenvalue weighted by Gasteiger charge is 2.26. The molecule has 1 unspecified atom stereocenters. The number of fused-ring (bicyclic) bond motifs is 6. The van der Waals surface area contributed by atoms with Gasteiger partial charge in [-0.05, 0) is 71.1 Å². The van der Waals surface area contributed by atoms with Crippen molar-refractivity contribution in [3.05, 3.63) is 179 Å². The van der Waals surface area contributed by atoms with Gasteiger partial charge in [-0.25, -0.2) is 0 Å². The maximum Gasteiger partial charge on any atom is 0.0991 e. The number of para-hydroxylation sites is 3. The third-order valence-corrected chi connectivity index (χ3v) is 10.2. The van der Waals surface area contributed by atoms with Crippen LogP contribution >= 0.6 is 0 Å². The van der Waals surface area contributed by atoms with Crippen molar-refractivity contribution in [3.8, 4) is 23.5 Å². The fourth-order valence-corrected chi connectivity index (χ4v) is 8.05. The SMILES string of the molecule is N#CCc1cc(C#N)cc(C2C=C(c3cccc(-n4c5ccccc5c5ccccc54)c3)C=CC2)c1-n1c2c(c3ccccc31)C=CC=CC2. The van der Waals surface area contributed by atoms with E-state index in [9.17, 15) is 10.5 Å². The van der Waals surface area contributed by atoms with Crippen LogP contribution < -0.4 is 0 Å². The average Bonchev–Trinajstić information content (AvgIpc) is 3.54. The molecule has 0 saturated carbocycles. The van der Waals surface area contributed by atoms with E-state index in [0.717, 1.165) is 52.0 Å². The van der Waals surface area contributed by atoms with Gasteiger partial charge in [-0.1, -0.05) is 109 Å². The number of nitrogens with zero attached hydrogens (tertiary/aromatic N) is 4. The Morgan fingerprint density at radius 2 is 1.40 bits per heavy atom. The van der Waals surface area contributed by atoms with Crippen molar-refractivity contribution in [1.29, 1.82) is 10.5 Å². The fourth-order valence-electron chi connectivity index (χ4n) is 8.05. The van der Waals surface area contributed by atoms with Gasteiger partial charge in [0.15, 0.2) is 0 Å². The van der Waals surface area contributed by atoms with Crippen LogP contribution in [0.2, 0.25) is 0 Å². The van der Waals surface area contributed by atoms with Crippen LogP contribution in [0, 0.1) is 22.7 Å². The lowest BCUT2D eigenvalue weighted by molar-refractivity contribution is 0.831. The molecule has 0 aliphatic heterocycles. The van der Waals surface area contributed by atoms with Crippen LogP contribution in [0.15, 0.2) is 146 Å². The summed E-state index contributed by atoms with van der Waals surface area (Å²) in [4.78, 5) is 0. The zero-order valence-electron chi connectivity index (χ0n) is 27.4. The van der Waals surface area contributed by atoms with E-state index < -0.39 is 0 Å². The summed E-state index contributed by atoms with van der Waals surface area (Å²) in [5.41, 5.74) is 12.8. The summed E-state index contributed by atoms with van der Waals surface area (Å²) in [6, 6.07) is 43.2. The smallest absolute Gasteiger partial charge is 0.0991 e. The van der Waals surface area contributed by atoms with Crippen LogP contribution in [-0.2, 0) is 12.8 Å². The minimum absolute atomic E-state index is 0.00121. The van der Waals surface area contributed by atoms with E-state index in [1.54, 1.807) is 0 Å². The summed E-state index contributed by atoms with van der Waals surface area (Å²) in [6.07, 6.45) is 17.2. The van der Waals surface area contributed by atoms with Crippen molar-refractivity contribution >= 4 is 44.4 Å². The molecule has 2 aliphatic carbocycles. The topological polar surface area (TPSA) is 57.4 Å². The van der Waals surface area contributed by atoms with Gasteiger partial charge < -0.3 is 9.13 Å². The molecular formula is C46H32N4. The Balaban J connectivity index is 1.23. The molecule has 0 radical (unpaired) electrons. The van der Waals surface area contributed by atoms with E-state index in [2.05, 4.69) is 161 Å². The normalized spacial score (nSPS) is 15.2. The van der Waals surface area contributed by atoms with Crippen molar-refractivity contribution in [3.63, 3.8) is 0 Å². The van der Waals surface area contributed by atoms with Gasteiger partial charge in [-0.15, -0.1) is 0 Å². The highest BCUT2D eigenvalue weighted by Crippen LogP contribution is 2.41. The first-order chi connectivity index (χ1) is 24.7. The zero-order valence-corrected chi connectivity index (χ0v) is 27.4. The molecule has 1 atom stereocenters. The van der Waals surface area contributed by atoms with Crippen LogP contribution in [0.3, 0.4) is 0 Å². The average molecular weight is 641 g/mol. The van der Waals surface area contributed by atoms with E-state index >= 15 is 0 Å². The lowest BCUT2D eigenvalue weighted by Gasteiger charge is -2.25. The molecule has 9 rings (SSSR count). The largest absolute Gasteiger partial charge is 0.312 e. The molecular weight excluding hydrogens is 609 g/mol. The van der Waals surface area contributed by atoms with E-state index in [1.807, 2.05) is 12.1 Å². The van der Waals surface area contributed by atoms with Crippen LogP contribution in [0.25, 0.3) is 55.7 Å². The summed E-state index contributed by atoms with van der Waals surface area (Å²) >= 11 is 0. The Kier molecular flexibility index (Phi) is 7.15. The van der Waals surface area contributed by atoms with Crippen LogP contribution in [-0.4, -0.2) is 9.13 Å². The van der Waals surface area contributed by atoms with E-state index in [0.29, 0.717) is 5.56 Å². The molecule has 2 aromatic heterocycles. The number of hydrogen-bond acceptors (Lipinski definition) is 2. The Hall–Kier alpha value is -6.62. The van der Waals surface area contributed by atoms with Crippen molar-refractivity contribution in [2.24, 2.45) is 0 Å². The first-order valence-electron chi connectivity index (χ1n) is 17.1. The van der Waals surface area contributed by atoms with Crippen molar-refractivity contribution < 1.29 is 0 Å². The van der Waals surface area contributed by atoms with Crippen LogP contribution in [0.5, 0.6) is 0 Å². The number of aromatic nitrogens is 2. The molecule has 4 nitrogen and oxygen atoms in total. The minimum Gasteiger partial charge on any atom is -0.312 e. The molecule has 0 bridgehead atoms. The molecule has 0 spiro atoms. The standard InChI is InChI=1S/C46H32N4/c47-25-24-35-26-31(30-48)27-41(46(35)50-44-20-3-1-2-16-39(44)40-19-6-9-23-45(40)50)34-14-10-12-32(28-34)33-13-11-15-36(29-33)49-42-21-7-4-17-37(42)38-18-5-8-22-43(38)49/h1-13,15-19,21-23,26-29,34H,14,20,24H2. The third-order valence-electron chi connectivity index (χ3n) is 10.2. The maximum absolute atomic E-state index is 10.2. The van der Waals surface area contributed by atoms with Gasteiger partial charge in [0.05, 0.1) is 46.4 Å². The molecule has 0 fully saturated rings. The molecule has 236 valence electrons. The Morgan fingerprint density at radius 3 is 2.14 bits per heavy atom. The van der Waals surface area contributed by atoms with Gasteiger partial charge >= 0.3 is 0 Å². The summed E-state index contributed by atoms with van der Waals surface area (Å²) in [5, 5.41) is 23.9. The van der Waals surface area contributed by atoms with E-state index in [4.69, 9.17) is 0 Å². The first-order valence-corrected chi connectivity index (χ1v) is 17.1. The number of rotatable bonds is 5. The minimum atomic E-state index is 0.00121. The van der Waals surface area contributed by atoms with Gasteiger partial charge in [0, 0.05) is 45.4 Å². The van der Waals surface area contributed by atoms with Crippen LogP contribution in [0.1, 0.15) is 45.8 Å². The molecule has 0 N–H and O–H groups in total. The Labute approximate surface area is 291 Å². The summed E-state index contributed by atoms with van der Waals surface area (Å²) in [7, 11) is 0. The molecule has 0 saturated heterocycles. The number of hydrogen-bond donors (Lipinski definition) is 0. The summed E-state index contributed by atoms with van der Waals surface area (Å²) < 4.78 is 4.72. The Morgan fingerprint density at radius 1 is 0.680 bits per heavy atom. The lowest BCUT2D eigenvalue weighted by Crippen LogP contribution is -2.12. The van der Waals surface area contributed by atoms with Gasteiger partial charge in [0.25, 0.3) is 0 Å². The number of nitriles is 2. The molecule has 4 heteroatoms. The summed E-state index contributed by atoms with van der Waals surface area (Å²) in [5.74, 6) is 0.00121.